The number of hydrogen-bond acceptors (Lipinski definition) is 3. The molecule has 1 heterocycles. The maximum Gasteiger partial charge on any atom is 0.238 e. The number of hydrogen-bond donors (Lipinski definition) is 0. The topological polar surface area (TPSA) is 46.6 Å². The van der Waals surface area contributed by atoms with Crippen molar-refractivity contribution in [1.82, 2.24) is 0 Å². The van der Waals surface area contributed by atoms with Gasteiger partial charge in [0.25, 0.3) is 0 Å². The number of fused-ring (bicyclic) bond motifs is 5. The van der Waals surface area contributed by atoms with Crippen LogP contribution in [0, 0.1) is 23.7 Å². The van der Waals surface area contributed by atoms with Crippen molar-refractivity contribution in [3.05, 3.63) is 47.6 Å². The van der Waals surface area contributed by atoms with Crippen LogP contribution in [0.25, 0.3) is 0 Å². The number of benzene rings is 1. The van der Waals surface area contributed by atoms with Gasteiger partial charge in [0.15, 0.2) is 0 Å². The van der Waals surface area contributed by atoms with E-state index in [1.54, 1.807) is 6.07 Å². The predicted molar refractivity (Wildman–Crippen MR) is 91.6 cm³/mol. The van der Waals surface area contributed by atoms with Crippen molar-refractivity contribution in [2.75, 3.05) is 11.5 Å². The normalized spacial score (nSPS) is 30.3. The molecule has 1 saturated carbocycles. The number of amides is 2. The molecule has 4 heteroatoms. The Morgan fingerprint density at radius 1 is 1.04 bits per heavy atom. The molecule has 0 spiro atoms. The van der Waals surface area contributed by atoms with E-state index in [9.17, 15) is 9.59 Å². The molecular formula is C20H21NO3. The van der Waals surface area contributed by atoms with Gasteiger partial charge in [0.2, 0.25) is 11.8 Å². The molecular weight excluding hydrogens is 302 g/mol. The van der Waals surface area contributed by atoms with Crippen LogP contribution in [-0.4, -0.2) is 18.4 Å². The fraction of sp³-hybridized carbons (Fsp3) is 0.400. The van der Waals surface area contributed by atoms with Gasteiger partial charge < -0.3 is 4.74 Å². The molecule has 4 rings (SSSR count). The Bertz CT molecular complexity index is 754. The fourth-order valence-electron chi connectivity index (χ4n) is 4.59. The average Bonchev–Trinajstić information content (AvgIpc) is 3.19. The second-order valence-electron chi connectivity index (χ2n) is 6.86. The van der Waals surface area contributed by atoms with E-state index in [4.69, 9.17) is 4.74 Å². The lowest BCUT2D eigenvalue weighted by Gasteiger charge is -2.21. The van der Waals surface area contributed by atoms with Crippen molar-refractivity contribution in [3.8, 4) is 5.75 Å². The lowest BCUT2D eigenvalue weighted by atomic mass is 9.85. The monoisotopic (exact) mass is 323 g/mol. The summed E-state index contributed by atoms with van der Waals surface area (Å²) in [5.41, 5.74) is 3.07. The number of rotatable bonds is 3. The van der Waals surface area contributed by atoms with Crippen LogP contribution in [0.2, 0.25) is 0 Å². The highest BCUT2D eigenvalue weighted by molar-refractivity contribution is 6.23. The van der Waals surface area contributed by atoms with Crippen molar-refractivity contribution in [3.63, 3.8) is 0 Å². The molecule has 1 aromatic carbocycles. The number of carbonyl (C=O) groups excluding carboxylic acids is 2. The first-order valence-electron chi connectivity index (χ1n) is 8.51. The first kappa shape index (κ1) is 15.2. The van der Waals surface area contributed by atoms with Crippen LogP contribution in [0.4, 0.5) is 5.69 Å². The standard InChI is InChI=1S/C20H21NO3/c1-4-24-15-8-6-5-7-14(15)21-19(22)17-12-9-10-13(16(12)11(2)3)18(17)20(21)23/h5-10,12-13,17-18H,4H2,1-3H3/t12-,13+,17-,18-/m0/s1. The number of imide groups is 1. The Morgan fingerprint density at radius 3 is 2.17 bits per heavy atom. The van der Waals surface area contributed by atoms with Crippen LogP contribution in [0.3, 0.4) is 0 Å². The fourth-order valence-corrected chi connectivity index (χ4v) is 4.59. The summed E-state index contributed by atoms with van der Waals surface area (Å²) >= 11 is 0. The van der Waals surface area contributed by atoms with Gasteiger partial charge in [-0.1, -0.05) is 35.4 Å². The van der Waals surface area contributed by atoms with Gasteiger partial charge in [-0.3, -0.25) is 9.59 Å². The summed E-state index contributed by atoms with van der Waals surface area (Å²) in [6, 6.07) is 7.29. The summed E-state index contributed by atoms with van der Waals surface area (Å²) in [5.74, 6) is 0.0421. The first-order valence-corrected chi connectivity index (χ1v) is 8.51. The largest absolute Gasteiger partial charge is 0.492 e. The van der Waals surface area contributed by atoms with Crippen LogP contribution < -0.4 is 9.64 Å². The summed E-state index contributed by atoms with van der Waals surface area (Å²) in [7, 11) is 0. The quantitative estimate of drug-likeness (QED) is 0.633. The van der Waals surface area contributed by atoms with Crippen molar-refractivity contribution < 1.29 is 14.3 Å². The smallest absolute Gasteiger partial charge is 0.238 e. The molecule has 1 aromatic rings. The number of allylic oxidation sites excluding steroid dienone is 4. The first-order chi connectivity index (χ1) is 11.6. The molecule has 24 heavy (non-hydrogen) atoms. The highest BCUT2D eigenvalue weighted by Crippen LogP contribution is 2.57. The Hall–Kier alpha value is -2.36. The second kappa shape index (κ2) is 5.33. The molecule has 2 bridgehead atoms. The molecule has 0 unspecified atom stereocenters. The number of ether oxygens (including phenoxy) is 1. The zero-order valence-corrected chi connectivity index (χ0v) is 14.2. The van der Waals surface area contributed by atoms with E-state index in [2.05, 4.69) is 26.0 Å². The Labute approximate surface area is 141 Å². The number of para-hydroxylation sites is 2. The van der Waals surface area contributed by atoms with E-state index in [1.807, 2.05) is 25.1 Å². The van der Waals surface area contributed by atoms with E-state index in [1.165, 1.54) is 16.0 Å². The minimum atomic E-state index is -0.257. The number of anilines is 1. The van der Waals surface area contributed by atoms with E-state index in [-0.39, 0.29) is 35.5 Å². The third-order valence-corrected chi connectivity index (χ3v) is 5.40. The highest BCUT2D eigenvalue weighted by atomic mass is 16.5. The minimum absolute atomic E-state index is 0.0747. The zero-order chi connectivity index (χ0) is 17.0. The molecule has 0 radical (unpaired) electrons. The maximum atomic E-state index is 13.1. The molecule has 1 aliphatic heterocycles. The SMILES string of the molecule is CCOc1ccccc1N1C(=O)[C@@H]2[C@@H](C1=O)[C@H]1C=C[C@@H]2C1=C(C)C. The summed E-state index contributed by atoms with van der Waals surface area (Å²) in [6.07, 6.45) is 4.22. The molecule has 2 fully saturated rings. The van der Waals surface area contributed by atoms with Crippen molar-refractivity contribution >= 4 is 17.5 Å². The van der Waals surface area contributed by atoms with Gasteiger partial charge in [0.05, 0.1) is 24.1 Å². The van der Waals surface area contributed by atoms with E-state index in [0.717, 1.165) is 0 Å². The molecule has 2 aliphatic carbocycles. The predicted octanol–water partition coefficient (Wildman–Crippen LogP) is 3.34. The van der Waals surface area contributed by atoms with Crippen LogP contribution in [0.5, 0.6) is 5.75 Å². The maximum absolute atomic E-state index is 13.1. The second-order valence-corrected chi connectivity index (χ2v) is 6.86. The van der Waals surface area contributed by atoms with Crippen LogP contribution in [0.1, 0.15) is 20.8 Å². The highest BCUT2D eigenvalue weighted by Gasteiger charge is 2.62. The van der Waals surface area contributed by atoms with E-state index in [0.29, 0.717) is 18.0 Å². The minimum Gasteiger partial charge on any atom is -0.492 e. The summed E-state index contributed by atoms with van der Waals surface area (Å²) < 4.78 is 5.63. The van der Waals surface area contributed by atoms with Gasteiger partial charge in [0.1, 0.15) is 5.75 Å². The Kier molecular flexibility index (Phi) is 3.37. The lowest BCUT2D eigenvalue weighted by molar-refractivity contribution is -0.123. The van der Waals surface area contributed by atoms with Gasteiger partial charge in [-0.05, 0) is 32.9 Å². The van der Waals surface area contributed by atoms with Gasteiger partial charge in [0, 0.05) is 11.8 Å². The third-order valence-electron chi connectivity index (χ3n) is 5.40. The molecule has 124 valence electrons. The number of nitrogens with zero attached hydrogens (tertiary/aromatic N) is 1. The Balaban J connectivity index is 1.76. The summed E-state index contributed by atoms with van der Waals surface area (Å²) in [6.45, 7) is 6.53. The van der Waals surface area contributed by atoms with Gasteiger partial charge in [-0.25, -0.2) is 4.90 Å². The molecule has 1 saturated heterocycles. The van der Waals surface area contributed by atoms with Gasteiger partial charge in [-0.15, -0.1) is 0 Å². The molecule has 2 amide bonds. The molecule has 4 nitrogen and oxygen atoms in total. The van der Waals surface area contributed by atoms with Gasteiger partial charge in [-0.2, -0.15) is 0 Å². The zero-order valence-electron chi connectivity index (χ0n) is 14.2. The van der Waals surface area contributed by atoms with Crippen LogP contribution in [0.15, 0.2) is 47.6 Å². The average molecular weight is 323 g/mol. The van der Waals surface area contributed by atoms with E-state index >= 15 is 0 Å². The molecule has 4 atom stereocenters. The van der Waals surface area contributed by atoms with Crippen molar-refractivity contribution in [2.45, 2.75) is 20.8 Å². The van der Waals surface area contributed by atoms with Crippen molar-refractivity contribution in [1.29, 1.82) is 0 Å². The molecule has 3 aliphatic rings. The Morgan fingerprint density at radius 2 is 1.62 bits per heavy atom. The third kappa shape index (κ3) is 1.86. The van der Waals surface area contributed by atoms with Crippen LogP contribution >= 0.6 is 0 Å². The van der Waals surface area contributed by atoms with Crippen LogP contribution in [-0.2, 0) is 9.59 Å². The summed E-state index contributed by atoms with van der Waals surface area (Å²) in [5, 5.41) is 0. The molecule has 0 aromatic heterocycles. The lowest BCUT2D eigenvalue weighted by Crippen LogP contribution is -2.33. The molecule has 0 N–H and O–H groups in total. The summed E-state index contributed by atoms with van der Waals surface area (Å²) in [4.78, 5) is 27.6. The van der Waals surface area contributed by atoms with Gasteiger partial charge >= 0.3 is 0 Å². The number of carbonyl (C=O) groups is 2. The van der Waals surface area contributed by atoms with Crippen molar-refractivity contribution in [2.24, 2.45) is 23.7 Å². The van der Waals surface area contributed by atoms with E-state index < -0.39 is 0 Å².